The van der Waals surface area contributed by atoms with Crippen molar-refractivity contribution in [2.45, 2.75) is 12.5 Å². The Bertz CT molecular complexity index is 472. The molecule has 116 valence electrons. The highest BCUT2D eigenvalue weighted by Gasteiger charge is 2.24. The van der Waals surface area contributed by atoms with Crippen molar-refractivity contribution in [3.05, 3.63) is 30.1 Å². The summed E-state index contributed by atoms with van der Waals surface area (Å²) >= 11 is 0. The van der Waals surface area contributed by atoms with E-state index < -0.39 is 0 Å². The van der Waals surface area contributed by atoms with E-state index in [-0.39, 0.29) is 17.8 Å². The largest absolute Gasteiger partial charge is 0.380 e. The summed E-state index contributed by atoms with van der Waals surface area (Å²) in [5.41, 5.74) is 6.13. The standard InChI is InChI=1S/C15H22FN3O2/c1-21-12(11-17)10-15(20)19-8-6-18(7-9-19)14-5-3-2-4-13(14)16/h2-5,12H,6-11,17H2,1H3. The molecule has 0 spiro atoms. The first-order valence-electron chi connectivity index (χ1n) is 7.15. The van der Waals surface area contributed by atoms with Crippen molar-refractivity contribution >= 4 is 11.6 Å². The van der Waals surface area contributed by atoms with Crippen LogP contribution in [0.3, 0.4) is 0 Å². The van der Waals surface area contributed by atoms with Crippen LogP contribution in [0.15, 0.2) is 24.3 Å². The van der Waals surface area contributed by atoms with Crippen LogP contribution in [0.4, 0.5) is 10.1 Å². The summed E-state index contributed by atoms with van der Waals surface area (Å²) < 4.78 is 18.9. The highest BCUT2D eigenvalue weighted by Crippen LogP contribution is 2.20. The van der Waals surface area contributed by atoms with E-state index in [0.717, 1.165) is 0 Å². The zero-order valence-corrected chi connectivity index (χ0v) is 12.3. The Balaban J connectivity index is 1.88. The molecule has 6 heteroatoms. The molecule has 1 aromatic rings. The van der Waals surface area contributed by atoms with E-state index in [1.807, 2.05) is 11.0 Å². The molecule has 1 unspecified atom stereocenters. The van der Waals surface area contributed by atoms with Crippen molar-refractivity contribution in [3.8, 4) is 0 Å². The summed E-state index contributed by atoms with van der Waals surface area (Å²) in [6.07, 6.45) is 0.0641. The number of nitrogens with zero attached hydrogens (tertiary/aromatic N) is 2. The van der Waals surface area contributed by atoms with E-state index >= 15 is 0 Å². The van der Waals surface area contributed by atoms with Gasteiger partial charge in [-0.15, -0.1) is 0 Å². The fourth-order valence-electron chi connectivity index (χ4n) is 2.49. The number of piperazine rings is 1. The lowest BCUT2D eigenvalue weighted by Crippen LogP contribution is -2.49. The fraction of sp³-hybridized carbons (Fsp3) is 0.533. The van der Waals surface area contributed by atoms with Crippen LogP contribution >= 0.6 is 0 Å². The fourth-order valence-corrected chi connectivity index (χ4v) is 2.49. The predicted octanol–water partition coefficient (Wildman–Crippen LogP) is 0.838. The second-order valence-corrected chi connectivity index (χ2v) is 5.12. The molecule has 5 nitrogen and oxygen atoms in total. The average molecular weight is 295 g/mol. The number of benzene rings is 1. The van der Waals surface area contributed by atoms with Crippen LogP contribution in [0, 0.1) is 5.82 Å². The number of halogens is 1. The number of amides is 1. The number of rotatable bonds is 5. The van der Waals surface area contributed by atoms with Gasteiger partial charge in [0.15, 0.2) is 0 Å². The summed E-state index contributed by atoms with van der Waals surface area (Å²) in [7, 11) is 1.56. The van der Waals surface area contributed by atoms with E-state index in [4.69, 9.17) is 10.5 Å². The Morgan fingerprint density at radius 3 is 2.57 bits per heavy atom. The zero-order valence-electron chi connectivity index (χ0n) is 12.3. The van der Waals surface area contributed by atoms with Crippen LogP contribution in [0.2, 0.25) is 0 Å². The summed E-state index contributed by atoms with van der Waals surface area (Å²) in [5, 5.41) is 0. The molecule has 1 aromatic carbocycles. The van der Waals surface area contributed by atoms with Gasteiger partial charge in [0.25, 0.3) is 0 Å². The lowest BCUT2D eigenvalue weighted by atomic mass is 10.2. The highest BCUT2D eigenvalue weighted by molar-refractivity contribution is 5.77. The molecule has 0 aliphatic carbocycles. The molecule has 0 bridgehead atoms. The number of anilines is 1. The van der Waals surface area contributed by atoms with Crippen LogP contribution in [0.25, 0.3) is 0 Å². The lowest BCUT2D eigenvalue weighted by molar-refractivity contribution is -0.133. The summed E-state index contributed by atoms with van der Waals surface area (Å²) in [6.45, 7) is 2.78. The summed E-state index contributed by atoms with van der Waals surface area (Å²) in [6, 6.07) is 6.72. The second-order valence-electron chi connectivity index (χ2n) is 5.12. The van der Waals surface area contributed by atoms with E-state index in [0.29, 0.717) is 44.8 Å². The molecule has 0 saturated carbocycles. The minimum absolute atomic E-state index is 0.0421. The van der Waals surface area contributed by atoms with Gasteiger partial charge in [0.05, 0.1) is 18.2 Å². The normalized spacial score (nSPS) is 16.9. The molecule has 1 heterocycles. The van der Waals surface area contributed by atoms with E-state index in [9.17, 15) is 9.18 Å². The minimum atomic E-state index is -0.234. The topological polar surface area (TPSA) is 58.8 Å². The number of hydrogen-bond acceptors (Lipinski definition) is 4. The number of ether oxygens (including phenoxy) is 1. The maximum atomic E-state index is 13.7. The van der Waals surface area contributed by atoms with Gasteiger partial charge >= 0.3 is 0 Å². The van der Waals surface area contributed by atoms with E-state index in [1.54, 1.807) is 24.1 Å². The maximum absolute atomic E-state index is 13.7. The van der Waals surface area contributed by atoms with Gasteiger partial charge < -0.3 is 20.3 Å². The Kier molecular flexibility index (Phi) is 5.52. The molecule has 1 atom stereocenters. The van der Waals surface area contributed by atoms with Gasteiger partial charge in [0.1, 0.15) is 5.82 Å². The van der Waals surface area contributed by atoms with Crippen LogP contribution in [0.5, 0.6) is 0 Å². The number of nitrogens with two attached hydrogens (primary N) is 1. The van der Waals surface area contributed by atoms with Gasteiger partial charge in [0.2, 0.25) is 5.91 Å². The number of carbonyl (C=O) groups is 1. The average Bonchev–Trinajstić information content (AvgIpc) is 2.53. The Morgan fingerprint density at radius 2 is 2.00 bits per heavy atom. The Morgan fingerprint density at radius 1 is 1.33 bits per heavy atom. The van der Waals surface area contributed by atoms with Crippen molar-refractivity contribution in [1.29, 1.82) is 0 Å². The van der Waals surface area contributed by atoms with Crippen molar-refractivity contribution < 1.29 is 13.9 Å². The first-order chi connectivity index (χ1) is 10.2. The third-order valence-corrected chi connectivity index (χ3v) is 3.82. The third-order valence-electron chi connectivity index (χ3n) is 3.82. The molecular weight excluding hydrogens is 273 g/mol. The Hall–Kier alpha value is -1.66. The zero-order chi connectivity index (χ0) is 15.2. The van der Waals surface area contributed by atoms with E-state index in [2.05, 4.69) is 0 Å². The molecule has 1 saturated heterocycles. The lowest BCUT2D eigenvalue weighted by Gasteiger charge is -2.36. The molecular formula is C15H22FN3O2. The van der Waals surface area contributed by atoms with Crippen LogP contribution in [-0.2, 0) is 9.53 Å². The summed E-state index contributed by atoms with van der Waals surface area (Å²) in [5.74, 6) is -0.180. The smallest absolute Gasteiger partial charge is 0.225 e. The van der Waals surface area contributed by atoms with Crippen molar-refractivity contribution in [3.63, 3.8) is 0 Å². The molecule has 2 N–H and O–H groups in total. The van der Waals surface area contributed by atoms with E-state index in [1.165, 1.54) is 6.07 Å². The SMILES string of the molecule is COC(CN)CC(=O)N1CCN(c2ccccc2F)CC1. The monoisotopic (exact) mass is 295 g/mol. The molecule has 1 aliphatic rings. The number of para-hydroxylation sites is 1. The molecule has 1 aliphatic heterocycles. The number of methoxy groups -OCH3 is 1. The Labute approximate surface area is 124 Å². The van der Waals surface area contributed by atoms with Gasteiger partial charge in [-0.05, 0) is 12.1 Å². The molecule has 0 aromatic heterocycles. The molecule has 1 amide bonds. The first kappa shape index (κ1) is 15.7. The van der Waals surface area contributed by atoms with Gasteiger partial charge in [-0.1, -0.05) is 12.1 Å². The van der Waals surface area contributed by atoms with Crippen LogP contribution in [-0.4, -0.2) is 56.7 Å². The molecule has 1 fully saturated rings. The minimum Gasteiger partial charge on any atom is -0.380 e. The molecule has 0 radical (unpaired) electrons. The van der Waals surface area contributed by atoms with Crippen molar-refractivity contribution in [1.82, 2.24) is 4.90 Å². The molecule has 21 heavy (non-hydrogen) atoms. The van der Waals surface area contributed by atoms with Crippen LogP contribution in [0.1, 0.15) is 6.42 Å². The quantitative estimate of drug-likeness (QED) is 0.874. The maximum Gasteiger partial charge on any atom is 0.225 e. The second kappa shape index (κ2) is 7.38. The van der Waals surface area contributed by atoms with Gasteiger partial charge in [0, 0.05) is 39.8 Å². The molecule has 2 rings (SSSR count). The highest BCUT2D eigenvalue weighted by atomic mass is 19.1. The summed E-state index contributed by atoms with van der Waals surface area (Å²) in [4.78, 5) is 15.9. The van der Waals surface area contributed by atoms with Gasteiger partial charge in [-0.3, -0.25) is 4.79 Å². The van der Waals surface area contributed by atoms with Gasteiger partial charge in [-0.2, -0.15) is 0 Å². The van der Waals surface area contributed by atoms with Crippen molar-refractivity contribution in [2.75, 3.05) is 44.7 Å². The predicted molar refractivity (Wildman–Crippen MR) is 79.7 cm³/mol. The van der Waals surface area contributed by atoms with Crippen molar-refractivity contribution in [2.24, 2.45) is 5.73 Å². The third kappa shape index (κ3) is 3.92. The number of carbonyl (C=O) groups excluding carboxylic acids is 1. The van der Waals surface area contributed by atoms with Crippen LogP contribution < -0.4 is 10.6 Å². The number of hydrogen-bond donors (Lipinski definition) is 1. The van der Waals surface area contributed by atoms with Gasteiger partial charge in [-0.25, -0.2) is 4.39 Å². The first-order valence-corrected chi connectivity index (χ1v) is 7.15.